The highest BCUT2D eigenvalue weighted by molar-refractivity contribution is 7.89. The van der Waals surface area contributed by atoms with Crippen molar-refractivity contribution < 1.29 is 18.0 Å². The normalized spacial score (nSPS) is 18.1. The van der Waals surface area contributed by atoms with Crippen molar-refractivity contribution in [2.45, 2.75) is 18.2 Å². The van der Waals surface area contributed by atoms with E-state index in [2.05, 4.69) is 9.62 Å². The molecule has 142 valence electrons. The van der Waals surface area contributed by atoms with Gasteiger partial charge < -0.3 is 14.7 Å². The fraction of sp³-hybridized carbons (Fsp3) is 0.529. The van der Waals surface area contributed by atoms with E-state index in [1.807, 2.05) is 7.05 Å². The van der Waals surface area contributed by atoms with E-state index in [9.17, 15) is 18.0 Å². The van der Waals surface area contributed by atoms with E-state index in [-0.39, 0.29) is 23.3 Å². The molecule has 0 aromatic heterocycles. The number of benzene rings is 1. The molecule has 26 heavy (non-hydrogen) atoms. The average molecular weight is 380 g/mol. The van der Waals surface area contributed by atoms with Crippen LogP contribution in [-0.2, 0) is 26.0 Å². The van der Waals surface area contributed by atoms with Crippen LogP contribution in [0.1, 0.15) is 12.5 Å². The maximum absolute atomic E-state index is 12.5. The Morgan fingerprint density at radius 1 is 1.12 bits per heavy atom. The summed E-state index contributed by atoms with van der Waals surface area (Å²) >= 11 is 0. The molecule has 2 heterocycles. The van der Waals surface area contributed by atoms with Gasteiger partial charge in [-0.2, -0.15) is 0 Å². The maximum atomic E-state index is 12.5. The largest absolute Gasteiger partial charge is 0.339 e. The van der Waals surface area contributed by atoms with Crippen LogP contribution in [0.3, 0.4) is 0 Å². The maximum Gasteiger partial charge on any atom is 0.241 e. The van der Waals surface area contributed by atoms with Gasteiger partial charge in [-0.15, -0.1) is 0 Å². The van der Waals surface area contributed by atoms with Crippen molar-refractivity contribution in [1.29, 1.82) is 0 Å². The first-order chi connectivity index (χ1) is 12.3. The van der Waals surface area contributed by atoms with Crippen LogP contribution in [0.15, 0.2) is 23.1 Å². The zero-order valence-electron chi connectivity index (χ0n) is 15.1. The van der Waals surface area contributed by atoms with Crippen LogP contribution in [0.25, 0.3) is 0 Å². The van der Waals surface area contributed by atoms with Gasteiger partial charge in [0.05, 0.1) is 11.4 Å². The molecule has 2 amide bonds. The van der Waals surface area contributed by atoms with E-state index in [4.69, 9.17) is 0 Å². The zero-order valence-corrected chi connectivity index (χ0v) is 15.9. The third-order valence-corrected chi connectivity index (χ3v) is 6.31. The minimum atomic E-state index is -3.78. The van der Waals surface area contributed by atoms with Crippen molar-refractivity contribution in [3.8, 4) is 0 Å². The second-order valence-electron chi connectivity index (χ2n) is 6.72. The molecule has 1 aromatic rings. The number of carbonyl (C=O) groups excluding carboxylic acids is 2. The van der Waals surface area contributed by atoms with Gasteiger partial charge in [-0.1, -0.05) is 0 Å². The van der Waals surface area contributed by atoms with E-state index < -0.39 is 10.0 Å². The molecule has 0 unspecified atom stereocenters. The molecule has 9 heteroatoms. The Bertz CT molecular complexity index is 816. The van der Waals surface area contributed by atoms with E-state index in [0.717, 1.165) is 24.3 Å². The van der Waals surface area contributed by atoms with Crippen molar-refractivity contribution in [3.63, 3.8) is 0 Å². The highest BCUT2D eigenvalue weighted by Gasteiger charge is 2.26. The molecule has 1 saturated heterocycles. The van der Waals surface area contributed by atoms with E-state index in [0.29, 0.717) is 26.1 Å². The minimum absolute atomic E-state index is 0.0599. The summed E-state index contributed by atoms with van der Waals surface area (Å²) in [5, 5.41) is 0. The second kappa shape index (κ2) is 7.34. The quantitative estimate of drug-likeness (QED) is 0.771. The summed E-state index contributed by atoms with van der Waals surface area (Å²) < 4.78 is 27.4. The molecule has 0 aliphatic carbocycles. The number of hydrogen-bond acceptors (Lipinski definition) is 5. The first kappa shape index (κ1) is 18.8. The van der Waals surface area contributed by atoms with Crippen LogP contribution in [0.2, 0.25) is 0 Å². The smallest absolute Gasteiger partial charge is 0.241 e. The second-order valence-corrected chi connectivity index (χ2v) is 8.49. The molecule has 0 spiro atoms. The van der Waals surface area contributed by atoms with Crippen LogP contribution in [-0.4, -0.2) is 76.3 Å². The van der Waals surface area contributed by atoms with E-state index >= 15 is 0 Å². The first-order valence-corrected chi connectivity index (χ1v) is 10.1. The molecule has 3 rings (SSSR count). The van der Waals surface area contributed by atoms with Crippen LogP contribution >= 0.6 is 0 Å². The predicted octanol–water partition coefficient (Wildman–Crippen LogP) is -0.352. The first-order valence-electron chi connectivity index (χ1n) is 8.65. The summed E-state index contributed by atoms with van der Waals surface area (Å²) in [5.41, 5.74) is 1.58. The van der Waals surface area contributed by atoms with Gasteiger partial charge in [0, 0.05) is 45.3 Å². The van der Waals surface area contributed by atoms with Crippen molar-refractivity contribution in [2.24, 2.45) is 0 Å². The molecule has 2 aliphatic heterocycles. The van der Waals surface area contributed by atoms with Crippen molar-refractivity contribution in [2.75, 3.05) is 51.2 Å². The molecule has 0 saturated carbocycles. The molecule has 0 bridgehead atoms. The van der Waals surface area contributed by atoms with Crippen LogP contribution in [0.5, 0.6) is 0 Å². The number of likely N-dealkylation sites (N-methyl/N-ethyl adjacent to an activating group) is 1. The standard InChI is InChI=1S/C17H24N4O4S/c1-13(22)21-6-5-14-11-15(3-4-16(14)21)26(24,25)18-12-17(23)20-9-7-19(2)8-10-20/h3-4,11,18H,5-10,12H2,1-2H3. The Hall–Kier alpha value is -1.97. The molecule has 8 nitrogen and oxygen atoms in total. The SMILES string of the molecule is CC(=O)N1CCc2cc(S(=O)(=O)NCC(=O)N3CCN(C)CC3)ccc21. The zero-order chi connectivity index (χ0) is 18.9. The van der Waals surface area contributed by atoms with Crippen molar-refractivity contribution in [3.05, 3.63) is 23.8 Å². The van der Waals surface area contributed by atoms with Crippen LogP contribution in [0, 0.1) is 0 Å². The number of nitrogens with zero attached hydrogens (tertiary/aromatic N) is 3. The molecule has 0 atom stereocenters. The Labute approximate surface area is 153 Å². The van der Waals surface area contributed by atoms with Gasteiger partial charge in [0.2, 0.25) is 21.8 Å². The lowest BCUT2D eigenvalue weighted by atomic mass is 10.2. The third-order valence-electron chi connectivity index (χ3n) is 4.91. The monoisotopic (exact) mass is 380 g/mol. The van der Waals surface area contributed by atoms with Crippen LogP contribution < -0.4 is 9.62 Å². The summed E-state index contributed by atoms with van der Waals surface area (Å²) in [6.45, 7) is 4.59. The van der Waals surface area contributed by atoms with Crippen molar-refractivity contribution >= 4 is 27.5 Å². The Kier molecular flexibility index (Phi) is 5.31. The van der Waals surface area contributed by atoms with Gasteiger partial charge in [0.1, 0.15) is 0 Å². The number of hydrogen-bond donors (Lipinski definition) is 1. The number of sulfonamides is 1. The Balaban J connectivity index is 1.65. The molecule has 0 radical (unpaired) electrons. The predicted molar refractivity (Wildman–Crippen MR) is 97.4 cm³/mol. The topological polar surface area (TPSA) is 90.0 Å². The van der Waals surface area contributed by atoms with Gasteiger partial charge in [-0.25, -0.2) is 13.1 Å². The highest BCUT2D eigenvalue weighted by Crippen LogP contribution is 2.30. The molecule has 1 fully saturated rings. The summed E-state index contributed by atoms with van der Waals surface area (Å²) in [4.78, 5) is 29.4. The van der Waals surface area contributed by atoms with Gasteiger partial charge in [-0.3, -0.25) is 9.59 Å². The summed E-state index contributed by atoms with van der Waals surface area (Å²) in [6.07, 6.45) is 0.624. The molecular formula is C17H24N4O4S. The van der Waals surface area contributed by atoms with Gasteiger partial charge in [0.15, 0.2) is 0 Å². The molecular weight excluding hydrogens is 356 g/mol. The lowest BCUT2D eigenvalue weighted by molar-refractivity contribution is -0.131. The summed E-state index contributed by atoms with van der Waals surface area (Å²) in [6, 6.07) is 4.71. The molecule has 1 aromatic carbocycles. The third kappa shape index (κ3) is 3.89. The van der Waals surface area contributed by atoms with Gasteiger partial charge in [-0.05, 0) is 37.2 Å². The number of rotatable bonds is 4. The van der Waals surface area contributed by atoms with Gasteiger partial charge >= 0.3 is 0 Å². The molecule has 1 N–H and O–H groups in total. The van der Waals surface area contributed by atoms with Gasteiger partial charge in [0.25, 0.3) is 0 Å². The number of amides is 2. The van der Waals surface area contributed by atoms with E-state index in [1.165, 1.54) is 13.0 Å². The lowest BCUT2D eigenvalue weighted by Crippen LogP contribution is -2.50. The fourth-order valence-electron chi connectivity index (χ4n) is 3.28. The number of carbonyl (C=O) groups is 2. The Morgan fingerprint density at radius 3 is 2.46 bits per heavy atom. The summed E-state index contributed by atoms with van der Waals surface area (Å²) in [7, 11) is -1.78. The molecule has 2 aliphatic rings. The summed E-state index contributed by atoms with van der Waals surface area (Å²) in [5.74, 6) is -0.277. The number of anilines is 1. The fourth-order valence-corrected chi connectivity index (χ4v) is 4.30. The number of piperazine rings is 1. The Morgan fingerprint density at radius 2 is 1.81 bits per heavy atom. The van der Waals surface area contributed by atoms with Crippen molar-refractivity contribution in [1.82, 2.24) is 14.5 Å². The minimum Gasteiger partial charge on any atom is -0.339 e. The van der Waals surface area contributed by atoms with Crippen LogP contribution in [0.4, 0.5) is 5.69 Å². The average Bonchev–Trinajstić information content (AvgIpc) is 3.04. The highest BCUT2D eigenvalue weighted by atomic mass is 32.2. The number of nitrogens with one attached hydrogen (secondary N) is 1. The lowest BCUT2D eigenvalue weighted by Gasteiger charge is -2.32. The number of fused-ring (bicyclic) bond motifs is 1. The van der Waals surface area contributed by atoms with E-state index in [1.54, 1.807) is 21.9 Å².